The van der Waals surface area contributed by atoms with E-state index in [0.29, 0.717) is 11.2 Å². The summed E-state index contributed by atoms with van der Waals surface area (Å²) in [7, 11) is 0. The third-order valence-electron chi connectivity index (χ3n) is 2.48. The van der Waals surface area contributed by atoms with Gasteiger partial charge in [0.1, 0.15) is 0 Å². The second-order valence-corrected chi connectivity index (χ2v) is 3.78. The molecule has 0 heterocycles. The van der Waals surface area contributed by atoms with Crippen LogP contribution >= 0.6 is 12.2 Å². The monoisotopic (exact) mass is 172 g/mol. The predicted octanol–water partition coefficient (Wildman–Crippen LogP) is 1.40. The fourth-order valence-electron chi connectivity index (χ4n) is 1.80. The second-order valence-electron chi connectivity index (χ2n) is 3.34. The molecule has 0 bridgehead atoms. The number of hydrogen-bond acceptors (Lipinski definition) is 1. The highest BCUT2D eigenvalue weighted by molar-refractivity contribution is 7.80. The highest BCUT2D eigenvalue weighted by atomic mass is 32.1. The van der Waals surface area contributed by atoms with E-state index in [-0.39, 0.29) is 0 Å². The summed E-state index contributed by atoms with van der Waals surface area (Å²) in [4.78, 5) is 0. The fraction of sp³-hybridized carbons (Fsp3) is 0.875. The molecular formula is C8H16N2S. The van der Waals surface area contributed by atoms with Gasteiger partial charge in [-0.15, -0.1) is 0 Å². The molecule has 1 fully saturated rings. The molecule has 0 aliphatic heterocycles. The fourth-order valence-corrected chi connectivity index (χ4v) is 1.99. The van der Waals surface area contributed by atoms with Gasteiger partial charge < -0.3 is 11.1 Å². The Kier molecular flexibility index (Phi) is 3.12. The van der Waals surface area contributed by atoms with Gasteiger partial charge >= 0.3 is 0 Å². The summed E-state index contributed by atoms with van der Waals surface area (Å²) in [5.41, 5.74) is 5.38. The van der Waals surface area contributed by atoms with Crippen LogP contribution in [0, 0.1) is 5.92 Å². The summed E-state index contributed by atoms with van der Waals surface area (Å²) in [5.74, 6) is 0.788. The molecule has 0 aromatic rings. The minimum Gasteiger partial charge on any atom is -0.376 e. The van der Waals surface area contributed by atoms with Crippen molar-refractivity contribution in [1.82, 2.24) is 5.32 Å². The molecule has 1 rings (SSSR count). The van der Waals surface area contributed by atoms with Crippen LogP contribution in [0.2, 0.25) is 0 Å². The Morgan fingerprint density at radius 1 is 1.55 bits per heavy atom. The maximum atomic E-state index is 5.38. The number of thiocarbonyl (C=S) groups is 1. The van der Waals surface area contributed by atoms with E-state index < -0.39 is 0 Å². The quantitative estimate of drug-likeness (QED) is 0.618. The number of nitrogens with one attached hydrogen (secondary N) is 1. The summed E-state index contributed by atoms with van der Waals surface area (Å²) >= 11 is 4.77. The zero-order chi connectivity index (χ0) is 8.27. The molecule has 1 aliphatic rings. The average molecular weight is 172 g/mol. The molecule has 0 aromatic heterocycles. The molecule has 0 spiro atoms. The van der Waals surface area contributed by atoms with Gasteiger partial charge in [0.15, 0.2) is 5.11 Å². The molecule has 0 amide bonds. The van der Waals surface area contributed by atoms with Gasteiger partial charge in [0.05, 0.1) is 0 Å². The van der Waals surface area contributed by atoms with Gasteiger partial charge in [-0.25, -0.2) is 0 Å². The smallest absolute Gasteiger partial charge is 0.163 e. The molecule has 2 nitrogen and oxygen atoms in total. The summed E-state index contributed by atoms with van der Waals surface area (Å²) in [6.45, 7) is 2.16. The zero-order valence-corrected chi connectivity index (χ0v) is 7.79. The van der Waals surface area contributed by atoms with E-state index in [1.165, 1.54) is 25.7 Å². The van der Waals surface area contributed by atoms with Crippen LogP contribution in [-0.2, 0) is 0 Å². The van der Waals surface area contributed by atoms with E-state index in [0.717, 1.165) is 5.92 Å². The molecular weight excluding hydrogens is 156 g/mol. The third kappa shape index (κ3) is 2.66. The molecule has 64 valence electrons. The van der Waals surface area contributed by atoms with Crippen molar-refractivity contribution in [3.63, 3.8) is 0 Å². The largest absolute Gasteiger partial charge is 0.376 e. The van der Waals surface area contributed by atoms with Crippen molar-refractivity contribution >= 4 is 17.3 Å². The van der Waals surface area contributed by atoms with Crippen LogP contribution in [0.1, 0.15) is 32.6 Å². The van der Waals surface area contributed by atoms with Gasteiger partial charge in [0.25, 0.3) is 0 Å². The van der Waals surface area contributed by atoms with E-state index in [9.17, 15) is 0 Å². The molecule has 1 saturated carbocycles. The van der Waals surface area contributed by atoms with Gasteiger partial charge in [-0.1, -0.05) is 12.8 Å². The first-order chi connectivity index (χ1) is 5.20. The van der Waals surface area contributed by atoms with E-state index in [4.69, 9.17) is 18.0 Å². The SMILES string of the molecule is CC(NC(N)=S)C1CCCC1. The molecule has 0 aromatic carbocycles. The minimum absolute atomic E-state index is 0.435. The van der Waals surface area contributed by atoms with Crippen molar-refractivity contribution in [3.8, 4) is 0 Å². The van der Waals surface area contributed by atoms with Crippen molar-refractivity contribution < 1.29 is 0 Å². The van der Waals surface area contributed by atoms with Crippen molar-refractivity contribution in [2.24, 2.45) is 11.7 Å². The number of hydrogen-bond donors (Lipinski definition) is 2. The number of nitrogens with two attached hydrogens (primary N) is 1. The summed E-state index contributed by atoms with van der Waals surface area (Å²) < 4.78 is 0. The highest BCUT2D eigenvalue weighted by Crippen LogP contribution is 2.27. The van der Waals surface area contributed by atoms with Crippen LogP contribution in [0.25, 0.3) is 0 Å². The lowest BCUT2D eigenvalue weighted by Crippen LogP contribution is -2.40. The summed E-state index contributed by atoms with van der Waals surface area (Å²) in [5, 5.41) is 3.53. The van der Waals surface area contributed by atoms with Crippen LogP contribution in [-0.4, -0.2) is 11.2 Å². The lowest BCUT2D eigenvalue weighted by molar-refractivity contribution is 0.427. The van der Waals surface area contributed by atoms with Crippen LogP contribution < -0.4 is 11.1 Å². The molecule has 1 aliphatic carbocycles. The molecule has 0 saturated heterocycles. The van der Waals surface area contributed by atoms with Gasteiger partial charge in [-0.2, -0.15) is 0 Å². The molecule has 1 atom stereocenters. The van der Waals surface area contributed by atoms with Crippen molar-refractivity contribution in [3.05, 3.63) is 0 Å². The summed E-state index contributed by atoms with van der Waals surface area (Å²) in [6.07, 6.45) is 5.40. The first-order valence-corrected chi connectivity index (χ1v) is 4.67. The van der Waals surface area contributed by atoms with Gasteiger partial charge in [0.2, 0.25) is 0 Å². The Hall–Kier alpha value is -0.310. The lowest BCUT2D eigenvalue weighted by atomic mass is 10.0. The van der Waals surface area contributed by atoms with E-state index in [1.807, 2.05) is 0 Å². The van der Waals surface area contributed by atoms with Gasteiger partial charge in [0, 0.05) is 6.04 Å². The number of rotatable bonds is 2. The molecule has 11 heavy (non-hydrogen) atoms. The molecule has 3 heteroatoms. The third-order valence-corrected chi connectivity index (χ3v) is 2.59. The Labute approximate surface area is 73.5 Å². The average Bonchev–Trinajstić information content (AvgIpc) is 2.35. The maximum absolute atomic E-state index is 5.38. The van der Waals surface area contributed by atoms with Gasteiger partial charge in [-0.05, 0) is 37.9 Å². The molecule has 3 N–H and O–H groups in total. The predicted molar refractivity (Wildman–Crippen MR) is 51.3 cm³/mol. The Morgan fingerprint density at radius 2 is 2.09 bits per heavy atom. The van der Waals surface area contributed by atoms with Gasteiger partial charge in [-0.3, -0.25) is 0 Å². The van der Waals surface area contributed by atoms with E-state index in [1.54, 1.807) is 0 Å². The topological polar surface area (TPSA) is 38.0 Å². The lowest BCUT2D eigenvalue weighted by Gasteiger charge is -2.19. The second kappa shape index (κ2) is 3.90. The minimum atomic E-state index is 0.435. The first kappa shape index (κ1) is 8.78. The van der Waals surface area contributed by atoms with Crippen LogP contribution in [0.5, 0.6) is 0 Å². The standard InChI is InChI=1S/C8H16N2S/c1-6(10-8(9)11)7-4-2-3-5-7/h6-7H,2-5H2,1H3,(H3,9,10,11). The normalized spacial score (nSPS) is 21.5. The Morgan fingerprint density at radius 3 is 2.55 bits per heavy atom. The highest BCUT2D eigenvalue weighted by Gasteiger charge is 2.21. The van der Waals surface area contributed by atoms with E-state index in [2.05, 4.69) is 12.2 Å². The van der Waals surface area contributed by atoms with Crippen LogP contribution in [0.4, 0.5) is 0 Å². The van der Waals surface area contributed by atoms with Crippen LogP contribution in [0.3, 0.4) is 0 Å². The Balaban J connectivity index is 2.28. The van der Waals surface area contributed by atoms with Crippen LogP contribution in [0.15, 0.2) is 0 Å². The van der Waals surface area contributed by atoms with Crippen molar-refractivity contribution in [2.75, 3.05) is 0 Å². The van der Waals surface area contributed by atoms with Crippen molar-refractivity contribution in [1.29, 1.82) is 0 Å². The van der Waals surface area contributed by atoms with E-state index >= 15 is 0 Å². The summed E-state index contributed by atoms with van der Waals surface area (Å²) in [6, 6.07) is 0.468. The van der Waals surface area contributed by atoms with Crippen molar-refractivity contribution in [2.45, 2.75) is 38.6 Å². The molecule has 1 unspecified atom stereocenters. The Bertz CT molecular complexity index is 141. The maximum Gasteiger partial charge on any atom is 0.163 e. The zero-order valence-electron chi connectivity index (χ0n) is 6.97. The first-order valence-electron chi connectivity index (χ1n) is 4.26. The molecule has 0 radical (unpaired) electrons.